The monoisotopic (exact) mass is 355 g/mol. The Kier molecular flexibility index (Phi) is 15.0. The lowest BCUT2D eigenvalue weighted by Crippen LogP contribution is -2.43. The summed E-state index contributed by atoms with van der Waals surface area (Å²) in [6.07, 6.45) is 11.0. The van der Waals surface area contributed by atoms with Crippen molar-refractivity contribution in [2.75, 3.05) is 13.2 Å². The molecule has 1 atom stereocenters. The van der Waals surface area contributed by atoms with Gasteiger partial charge in [-0.1, -0.05) is 78.4 Å². The summed E-state index contributed by atoms with van der Waals surface area (Å²) in [6, 6.07) is -0.661. The van der Waals surface area contributed by atoms with E-state index in [0.717, 1.165) is 12.8 Å². The number of nitrogens with one attached hydrogen (secondary N) is 1. The molecule has 0 aromatic heterocycles. The summed E-state index contributed by atoms with van der Waals surface area (Å²) in [5.41, 5.74) is 0. The van der Waals surface area contributed by atoms with Gasteiger partial charge in [0.25, 0.3) is 0 Å². The molecule has 0 aromatic rings. The topological polar surface area (TPSA) is 64.6 Å². The lowest BCUT2D eigenvalue weighted by Gasteiger charge is -2.19. The first-order valence-corrected chi connectivity index (χ1v) is 9.72. The molecule has 1 N–H and O–H groups in total. The van der Waals surface area contributed by atoms with E-state index in [1.165, 1.54) is 44.6 Å². The molecule has 0 heterocycles. The van der Waals surface area contributed by atoms with Crippen LogP contribution in [0.4, 0.5) is 4.79 Å². The van der Waals surface area contributed by atoms with Crippen molar-refractivity contribution < 1.29 is 19.1 Å². The first-order chi connectivity index (χ1) is 12.0. The van der Waals surface area contributed by atoms with E-state index in [2.05, 4.69) is 18.8 Å². The van der Waals surface area contributed by atoms with E-state index in [1.54, 1.807) is 0 Å². The highest BCUT2D eigenvalue weighted by molar-refractivity contribution is 5.81. The summed E-state index contributed by atoms with van der Waals surface area (Å²) in [7, 11) is 0. The highest BCUT2D eigenvalue weighted by Crippen LogP contribution is 2.10. The van der Waals surface area contributed by atoms with Crippen molar-refractivity contribution in [1.29, 1.82) is 0 Å². The number of unbranched alkanes of at least 4 members (excludes halogenated alkanes) is 7. The minimum atomic E-state index is -0.661. The van der Waals surface area contributed by atoms with Crippen molar-refractivity contribution in [2.45, 2.75) is 84.6 Å². The number of hydrogen-bond donors (Lipinski definition) is 1. The second-order valence-electron chi connectivity index (χ2n) is 6.86. The van der Waals surface area contributed by atoms with Gasteiger partial charge in [-0.3, -0.25) is 0 Å². The standard InChI is InChI=1S/C20H37NO4/c1-5-7-8-9-10-11-12-13-15-24-19(22)18(16-17(3)4)21-20(23)25-14-6-2/h6,17-18H,2,5,7-16H2,1,3-4H3,(H,21,23). The summed E-state index contributed by atoms with van der Waals surface area (Å²) < 4.78 is 10.2. The Morgan fingerprint density at radius 2 is 1.60 bits per heavy atom. The molecule has 146 valence electrons. The number of carbonyl (C=O) groups is 2. The van der Waals surface area contributed by atoms with E-state index < -0.39 is 12.1 Å². The Morgan fingerprint density at radius 1 is 1.00 bits per heavy atom. The fourth-order valence-electron chi connectivity index (χ4n) is 2.51. The number of hydrogen-bond acceptors (Lipinski definition) is 4. The zero-order chi connectivity index (χ0) is 18.9. The largest absolute Gasteiger partial charge is 0.464 e. The van der Waals surface area contributed by atoms with Crippen LogP contribution in [0, 0.1) is 5.92 Å². The van der Waals surface area contributed by atoms with Crippen LogP contribution in [0.25, 0.3) is 0 Å². The maximum Gasteiger partial charge on any atom is 0.408 e. The predicted octanol–water partition coefficient (Wildman–Crippen LogP) is 5.00. The second kappa shape index (κ2) is 16.0. The molecule has 0 saturated heterocycles. The third kappa shape index (κ3) is 14.5. The predicted molar refractivity (Wildman–Crippen MR) is 101 cm³/mol. The molecule has 0 aromatic carbocycles. The SMILES string of the molecule is C=CCOC(=O)NC(CC(C)C)C(=O)OCCCCCCCCCC. The molecule has 0 bridgehead atoms. The number of rotatable bonds is 15. The molecular weight excluding hydrogens is 318 g/mol. The van der Waals surface area contributed by atoms with E-state index in [0.29, 0.717) is 13.0 Å². The molecule has 0 rings (SSSR count). The molecule has 0 radical (unpaired) electrons. The molecule has 25 heavy (non-hydrogen) atoms. The zero-order valence-electron chi connectivity index (χ0n) is 16.4. The van der Waals surface area contributed by atoms with Gasteiger partial charge in [-0.2, -0.15) is 0 Å². The number of carbonyl (C=O) groups excluding carboxylic acids is 2. The average molecular weight is 356 g/mol. The van der Waals surface area contributed by atoms with E-state index in [-0.39, 0.29) is 18.5 Å². The van der Waals surface area contributed by atoms with Crippen LogP contribution in [0.1, 0.15) is 78.6 Å². The van der Waals surface area contributed by atoms with Crippen LogP contribution in [-0.2, 0) is 14.3 Å². The zero-order valence-corrected chi connectivity index (χ0v) is 16.4. The van der Waals surface area contributed by atoms with Crippen molar-refractivity contribution in [3.8, 4) is 0 Å². The fraction of sp³-hybridized carbons (Fsp3) is 0.800. The first kappa shape index (κ1) is 23.5. The molecule has 0 aliphatic rings. The average Bonchev–Trinajstić information content (AvgIpc) is 2.57. The van der Waals surface area contributed by atoms with Gasteiger partial charge in [-0.15, -0.1) is 0 Å². The molecule has 1 unspecified atom stereocenters. The fourth-order valence-corrected chi connectivity index (χ4v) is 2.51. The van der Waals surface area contributed by atoms with Gasteiger partial charge in [0.05, 0.1) is 6.61 Å². The maximum atomic E-state index is 12.2. The van der Waals surface area contributed by atoms with Crippen LogP contribution < -0.4 is 5.32 Å². The summed E-state index contributed by atoms with van der Waals surface area (Å²) in [5, 5.41) is 2.58. The Bertz CT molecular complexity index is 369. The lowest BCUT2D eigenvalue weighted by molar-refractivity contribution is -0.146. The van der Waals surface area contributed by atoms with Crippen molar-refractivity contribution in [2.24, 2.45) is 5.92 Å². The molecule has 1 amide bonds. The van der Waals surface area contributed by atoms with Crippen LogP contribution in [0.2, 0.25) is 0 Å². The Labute approximate surface area is 153 Å². The van der Waals surface area contributed by atoms with E-state index in [9.17, 15) is 9.59 Å². The lowest BCUT2D eigenvalue weighted by atomic mass is 10.0. The third-order valence-electron chi connectivity index (χ3n) is 3.86. The van der Waals surface area contributed by atoms with E-state index in [4.69, 9.17) is 9.47 Å². The Balaban J connectivity index is 3.97. The number of amides is 1. The molecule has 5 heteroatoms. The van der Waals surface area contributed by atoms with Crippen LogP contribution >= 0.6 is 0 Å². The van der Waals surface area contributed by atoms with E-state index >= 15 is 0 Å². The summed E-state index contributed by atoms with van der Waals surface area (Å²) >= 11 is 0. The van der Waals surface area contributed by atoms with Crippen molar-refractivity contribution in [3.63, 3.8) is 0 Å². The second-order valence-corrected chi connectivity index (χ2v) is 6.86. The van der Waals surface area contributed by atoms with Crippen LogP contribution in [0.3, 0.4) is 0 Å². The van der Waals surface area contributed by atoms with Crippen molar-refractivity contribution in [3.05, 3.63) is 12.7 Å². The Morgan fingerprint density at radius 3 is 2.16 bits per heavy atom. The number of alkyl carbamates (subject to hydrolysis) is 1. The number of esters is 1. The Hall–Kier alpha value is -1.52. The van der Waals surface area contributed by atoms with Crippen molar-refractivity contribution >= 4 is 12.1 Å². The van der Waals surface area contributed by atoms with Gasteiger partial charge in [-0.05, 0) is 18.8 Å². The van der Waals surface area contributed by atoms with Gasteiger partial charge in [0.1, 0.15) is 12.6 Å². The number of ether oxygens (including phenoxy) is 2. The van der Waals surface area contributed by atoms with Gasteiger partial charge in [0.2, 0.25) is 0 Å². The van der Waals surface area contributed by atoms with Gasteiger partial charge in [-0.25, -0.2) is 9.59 Å². The van der Waals surface area contributed by atoms with Gasteiger partial charge < -0.3 is 14.8 Å². The summed E-state index contributed by atoms with van der Waals surface area (Å²) in [4.78, 5) is 23.8. The van der Waals surface area contributed by atoms with Crippen LogP contribution in [-0.4, -0.2) is 31.3 Å². The van der Waals surface area contributed by atoms with Crippen LogP contribution in [0.15, 0.2) is 12.7 Å². The molecule has 0 fully saturated rings. The summed E-state index contributed by atoms with van der Waals surface area (Å²) in [6.45, 7) is 10.2. The quantitative estimate of drug-likeness (QED) is 0.255. The third-order valence-corrected chi connectivity index (χ3v) is 3.86. The van der Waals surface area contributed by atoms with Gasteiger partial charge in [0, 0.05) is 0 Å². The van der Waals surface area contributed by atoms with Crippen molar-refractivity contribution in [1.82, 2.24) is 5.32 Å². The molecular formula is C20H37NO4. The van der Waals surface area contributed by atoms with Crippen LogP contribution in [0.5, 0.6) is 0 Å². The molecule has 5 nitrogen and oxygen atoms in total. The maximum absolute atomic E-state index is 12.2. The minimum absolute atomic E-state index is 0.119. The normalized spacial score (nSPS) is 11.8. The summed E-state index contributed by atoms with van der Waals surface area (Å²) in [5.74, 6) is -0.118. The first-order valence-electron chi connectivity index (χ1n) is 9.72. The van der Waals surface area contributed by atoms with E-state index in [1.807, 2.05) is 13.8 Å². The molecule has 0 aliphatic heterocycles. The molecule has 0 saturated carbocycles. The molecule has 0 aliphatic carbocycles. The van der Waals surface area contributed by atoms with Gasteiger partial charge in [0.15, 0.2) is 0 Å². The highest BCUT2D eigenvalue weighted by Gasteiger charge is 2.23. The highest BCUT2D eigenvalue weighted by atomic mass is 16.6. The smallest absolute Gasteiger partial charge is 0.408 e. The molecule has 0 spiro atoms. The van der Waals surface area contributed by atoms with Gasteiger partial charge >= 0.3 is 12.1 Å². The minimum Gasteiger partial charge on any atom is -0.464 e.